The molecule has 1 unspecified atom stereocenters. The van der Waals surface area contributed by atoms with Gasteiger partial charge >= 0.3 is 5.97 Å². The number of aryl methyl sites for hydroxylation is 2. The molecule has 5 nitrogen and oxygen atoms in total. The highest BCUT2D eigenvalue weighted by Crippen LogP contribution is 2.33. The van der Waals surface area contributed by atoms with E-state index in [1.807, 2.05) is 39.0 Å². The maximum atomic E-state index is 13.6. The van der Waals surface area contributed by atoms with Gasteiger partial charge in [0.1, 0.15) is 11.3 Å². The molecule has 1 aromatic heterocycles. The van der Waals surface area contributed by atoms with Crippen molar-refractivity contribution >= 4 is 28.7 Å². The lowest BCUT2D eigenvalue weighted by Crippen LogP contribution is -2.14. The summed E-state index contributed by atoms with van der Waals surface area (Å²) >= 11 is 0. The minimum Gasteiger partial charge on any atom is -0.478 e. The van der Waals surface area contributed by atoms with Gasteiger partial charge in [-0.1, -0.05) is 55.8 Å². The fraction of sp³-hybridized carbons (Fsp3) is 0.273. The first-order valence-electron chi connectivity index (χ1n) is 13.1. The predicted octanol–water partition coefficient (Wildman–Crippen LogP) is 8.46. The van der Waals surface area contributed by atoms with Gasteiger partial charge in [0.2, 0.25) is 0 Å². The van der Waals surface area contributed by atoms with Gasteiger partial charge in [0.05, 0.1) is 17.0 Å². The van der Waals surface area contributed by atoms with Crippen molar-refractivity contribution in [1.82, 2.24) is 0 Å². The molecule has 0 aliphatic rings. The Hall–Kier alpha value is -4.12. The standard InChI is InChI=1S/C33H35NO4/c1-7-23(8-2)17-25-18-24(14-13-20(25)4)31-21(5)30(35)28-16-19(3)15-27(32(28)38-31)22(6)34-29-12-10-9-11-26(29)33(36)37/h9-18,22,34H,7-8H2,1-6H3,(H,36,37). The Morgan fingerprint density at radius 2 is 1.74 bits per heavy atom. The van der Waals surface area contributed by atoms with E-state index in [9.17, 15) is 14.7 Å². The molecule has 196 valence electrons. The molecule has 4 rings (SSSR count). The fourth-order valence-electron chi connectivity index (χ4n) is 4.88. The lowest BCUT2D eigenvalue weighted by Gasteiger charge is -2.20. The molecule has 0 amide bonds. The number of para-hydroxylation sites is 1. The number of rotatable bonds is 8. The number of hydrogen-bond acceptors (Lipinski definition) is 4. The monoisotopic (exact) mass is 509 g/mol. The molecule has 38 heavy (non-hydrogen) atoms. The Labute approximate surface area is 223 Å². The number of aromatic carboxylic acids is 1. The van der Waals surface area contributed by atoms with Crippen LogP contribution in [0.25, 0.3) is 28.4 Å². The Morgan fingerprint density at radius 1 is 1.03 bits per heavy atom. The van der Waals surface area contributed by atoms with Crippen molar-refractivity contribution in [1.29, 1.82) is 0 Å². The molecular formula is C33H35NO4. The quantitative estimate of drug-likeness (QED) is 0.249. The van der Waals surface area contributed by atoms with Crippen LogP contribution in [-0.2, 0) is 0 Å². The number of nitrogens with one attached hydrogen (secondary N) is 1. The van der Waals surface area contributed by atoms with Gasteiger partial charge in [-0.15, -0.1) is 0 Å². The van der Waals surface area contributed by atoms with Crippen LogP contribution in [0.15, 0.2) is 69.4 Å². The van der Waals surface area contributed by atoms with Crippen LogP contribution < -0.4 is 10.7 Å². The average molecular weight is 510 g/mol. The third-order valence-electron chi connectivity index (χ3n) is 7.20. The van der Waals surface area contributed by atoms with Crippen LogP contribution in [0.4, 0.5) is 5.69 Å². The first-order valence-corrected chi connectivity index (χ1v) is 13.1. The third-order valence-corrected chi connectivity index (χ3v) is 7.20. The van der Waals surface area contributed by atoms with Gasteiger partial charge in [-0.25, -0.2) is 4.79 Å². The van der Waals surface area contributed by atoms with Crippen molar-refractivity contribution in [2.24, 2.45) is 0 Å². The summed E-state index contributed by atoms with van der Waals surface area (Å²) in [5, 5.41) is 13.5. The minimum absolute atomic E-state index is 0.0650. The van der Waals surface area contributed by atoms with Crippen LogP contribution in [0, 0.1) is 20.8 Å². The highest BCUT2D eigenvalue weighted by molar-refractivity contribution is 5.94. The normalized spacial score (nSPS) is 11.8. The van der Waals surface area contributed by atoms with E-state index in [1.54, 1.807) is 24.3 Å². The largest absolute Gasteiger partial charge is 0.478 e. The van der Waals surface area contributed by atoms with Gasteiger partial charge in [0.15, 0.2) is 5.43 Å². The molecule has 1 heterocycles. The van der Waals surface area contributed by atoms with Crippen molar-refractivity contribution in [2.45, 2.75) is 60.4 Å². The number of benzene rings is 3. The maximum absolute atomic E-state index is 13.6. The molecular weight excluding hydrogens is 474 g/mol. The predicted molar refractivity (Wildman–Crippen MR) is 156 cm³/mol. The zero-order valence-electron chi connectivity index (χ0n) is 22.9. The second kappa shape index (κ2) is 11.1. The van der Waals surface area contributed by atoms with Crippen molar-refractivity contribution in [2.75, 3.05) is 5.32 Å². The first kappa shape index (κ1) is 26.9. The third kappa shape index (κ3) is 5.28. The van der Waals surface area contributed by atoms with E-state index in [2.05, 4.69) is 44.3 Å². The molecule has 0 fully saturated rings. The zero-order valence-corrected chi connectivity index (χ0v) is 22.9. The summed E-state index contributed by atoms with van der Waals surface area (Å²) in [6, 6.07) is 16.5. The first-order chi connectivity index (χ1) is 18.1. The molecule has 0 bridgehead atoms. The molecule has 0 spiro atoms. The van der Waals surface area contributed by atoms with Gasteiger partial charge in [-0.2, -0.15) is 0 Å². The summed E-state index contributed by atoms with van der Waals surface area (Å²) in [5.74, 6) is -0.452. The Kier molecular flexibility index (Phi) is 7.86. The van der Waals surface area contributed by atoms with Gasteiger partial charge in [-0.05, 0) is 81.5 Å². The number of fused-ring (bicyclic) bond motifs is 1. The van der Waals surface area contributed by atoms with Gasteiger partial charge in [0, 0.05) is 22.4 Å². The topological polar surface area (TPSA) is 79.5 Å². The Morgan fingerprint density at radius 3 is 2.42 bits per heavy atom. The fourth-order valence-corrected chi connectivity index (χ4v) is 4.88. The van der Waals surface area contributed by atoms with Crippen molar-refractivity contribution < 1.29 is 14.3 Å². The second-order valence-corrected chi connectivity index (χ2v) is 9.91. The molecule has 1 atom stereocenters. The minimum atomic E-state index is -1.00. The molecule has 5 heteroatoms. The number of allylic oxidation sites excluding steroid dienone is 1. The summed E-state index contributed by atoms with van der Waals surface area (Å²) in [6.07, 6.45) is 4.21. The maximum Gasteiger partial charge on any atom is 0.337 e. The summed E-state index contributed by atoms with van der Waals surface area (Å²) < 4.78 is 6.56. The lowest BCUT2D eigenvalue weighted by atomic mass is 9.96. The lowest BCUT2D eigenvalue weighted by molar-refractivity contribution is 0.0698. The molecule has 0 radical (unpaired) electrons. The van der Waals surface area contributed by atoms with Crippen LogP contribution in [-0.4, -0.2) is 11.1 Å². The zero-order chi connectivity index (χ0) is 27.6. The Bertz CT molecular complexity index is 1600. The molecule has 2 N–H and O–H groups in total. The SMILES string of the molecule is CCC(=Cc1cc(-c2oc3c(C(C)Nc4ccccc4C(=O)O)cc(C)cc3c(=O)c2C)ccc1C)CC. The van der Waals surface area contributed by atoms with Crippen molar-refractivity contribution in [3.05, 3.63) is 104 Å². The van der Waals surface area contributed by atoms with E-state index in [1.165, 1.54) is 11.1 Å². The average Bonchev–Trinajstić information content (AvgIpc) is 2.90. The van der Waals surface area contributed by atoms with Gasteiger partial charge in [0.25, 0.3) is 0 Å². The van der Waals surface area contributed by atoms with E-state index in [0.717, 1.165) is 35.1 Å². The van der Waals surface area contributed by atoms with Crippen LogP contribution in [0.3, 0.4) is 0 Å². The van der Waals surface area contributed by atoms with Crippen LogP contribution in [0.2, 0.25) is 0 Å². The van der Waals surface area contributed by atoms with E-state index >= 15 is 0 Å². The van der Waals surface area contributed by atoms with Crippen molar-refractivity contribution in [3.63, 3.8) is 0 Å². The van der Waals surface area contributed by atoms with Crippen LogP contribution in [0.1, 0.15) is 77.8 Å². The second-order valence-electron chi connectivity index (χ2n) is 9.91. The number of hydrogen-bond donors (Lipinski definition) is 2. The van der Waals surface area contributed by atoms with E-state index < -0.39 is 5.97 Å². The molecule has 0 aliphatic carbocycles. The number of carboxylic acids is 1. The van der Waals surface area contributed by atoms with E-state index in [4.69, 9.17) is 4.42 Å². The summed E-state index contributed by atoms with van der Waals surface area (Å²) in [7, 11) is 0. The van der Waals surface area contributed by atoms with E-state index in [0.29, 0.717) is 28.0 Å². The summed E-state index contributed by atoms with van der Waals surface area (Å²) in [5.41, 5.74) is 7.94. The molecule has 0 aliphatic heterocycles. The number of anilines is 1. The Balaban J connectivity index is 1.89. The van der Waals surface area contributed by atoms with E-state index in [-0.39, 0.29) is 17.0 Å². The number of carbonyl (C=O) groups is 1. The smallest absolute Gasteiger partial charge is 0.337 e. The molecule has 0 saturated carbocycles. The van der Waals surface area contributed by atoms with Gasteiger partial charge < -0.3 is 14.8 Å². The van der Waals surface area contributed by atoms with Crippen molar-refractivity contribution in [3.8, 4) is 11.3 Å². The summed E-state index contributed by atoms with van der Waals surface area (Å²) in [4.78, 5) is 25.3. The molecule has 3 aromatic carbocycles. The van der Waals surface area contributed by atoms with Gasteiger partial charge in [-0.3, -0.25) is 4.79 Å². The number of carboxylic acid groups (broad SMARTS) is 1. The highest BCUT2D eigenvalue weighted by Gasteiger charge is 2.20. The molecule has 0 saturated heterocycles. The summed E-state index contributed by atoms with van der Waals surface area (Å²) in [6.45, 7) is 12.1. The highest BCUT2D eigenvalue weighted by atomic mass is 16.4. The van der Waals surface area contributed by atoms with Crippen LogP contribution in [0.5, 0.6) is 0 Å². The van der Waals surface area contributed by atoms with Crippen LogP contribution >= 0.6 is 0 Å². The molecule has 4 aromatic rings.